The number of likely N-dealkylation sites (tertiary alicyclic amines) is 1. The van der Waals surface area contributed by atoms with Crippen LogP contribution in [0.25, 0.3) is 5.32 Å². The van der Waals surface area contributed by atoms with Crippen LogP contribution < -0.4 is 4.74 Å². The highest BCUT2D eigenvalue weighted by molar-refractivity contribution is 5.84. The number of alkyl halides is 3. The summed E-state index contributed by atoms with van der Waals surface area (Å²) in [5, 5.41) is 24.0. The second kappa shape index (κ2) is 11.2. The molecule has 2 aliphatic carbocycles. The van der Waals surface area contributed by atoms with Gasteiger partial charge in [0.1, 0.15) is 5.75 Å². The molecular weight excluding hydrogens is 525 g/mol. The first-order valence-corrected chi connectivity index (χ1v) is 13.2. The Morgan fingerprint density at radius 1 is 1.12 bits per heavy atom. The molecule has 2 heterocycles. The molecule has 0 spiro atoms. The van der Waals surface area contributed by atoms with E-state index in [1.54, 1.807) is 23.7 Å². The Hall–Kier alpha value is -3.41. The topological polar surface area (TPSA) is 102 Å². The lowest BCUT2D eigenvalue weighted by molar-refractivity contribution is -0.274. The van der Waals surface area contributed by atoms with Gasteiger partial charge in [-0.05, 0) is 35.1 Å². The highest BCUT2D eigenvalue weighted by Gasteiger charge is 2.54. The maximum absolute atomic E-state index is 12.4. The van der Waals surface area contributed by atoms with Gasteiger partial charge in [0.15, 0.2) is 5.69 Å². The molecule has 2 fully saturated rings. The summed E-state index contributed by atoms with van der Waals surface area (Å²) in [5.41, 5.74) is 2.66. The Morgan fingerprint density at radius 3 is 2.35 bits per heavy atom. The quantitative estimate of drug-likeness (QED) is 0.429. The number of benzene rings is 2. The van der Waals surface area contributed by atoms with Crippen molar-refractivity contribution < 1.29 is 32.9 Å². The number of hydrogen-bond acceptors (Lipinski definition) is 5. The lowest BCUT2D eigenvalue weighted by atomic mass is 9.99. The number of rotatable bonds is 8. The van der Waals surface area contributed by atoms with Gasteiger partial charge in [0.2, 0.25) is 0 Å². The van der Waals surface area contributed by atoms with Crippen molar-refractivity contribution in [3.05, 3.63) is 88.8 Å². The number of carboxylic acids is 1. The predicted octanol–water partition coefficient (Wildman–Crippen LogP) is 4.28. The fourth-order valence-electron chi connectivity index (χ4n) is 6.05. The molecule has 2 aromatic carbocycles. The zero-order valence-electron chi connectivity index (χ0n) is 22.1. The molecule has 214 valence electrons. The number of nitrogens with zero attached hydrogens (tertiary/aromatic N) is 4. The van der Waals surface area contributed by atoms with Crippen LogP contribution in [-0.4, -0.2) is 68.8 Å². The number of carbonyl (C=O) groups is 1. The number of aliphatic hydroxyl groups is 1. The minimum atomic E-state index is -4.68. The zero-order valence-corrected chi connectivity index (χ0v) is 22.1. The Bertz CT molecular complexity index is 1310. The van der Waals surface area contributed by atoms with Gasteiger partial charge in [-0.3, -0.25) is 4.90 Å². The maximum Gasteiger partial charge on any atom is 0.573 e. The van der Waals surface area contributed by atoms with Crippen molar-refractivity contribution in [1.29, 1.82) is 0 Å². The average molecular weight is 558 g/mol. The summed E-state index contributed by atoms with van der Waals surface area (Å²) in [5.74, 6) is 0.607. The van der Waals surface area contributed by atoms with E-state index >= 15 is 0 Å². The van der Waals surface area contributed by atoms with E-state index in [0.717, 1.165) is 38.0 Å². The van der Waals surface area contributed by atoms with E-state index in [1.165, 1.54) is 35.8 Å². The van der Waals surface area contributed by atoms with Crippen LogP contribution >= 0.6 is 0 Å². The number of halogens is 3. The number of aromatic nitrogens is 2. The molecule has 1 saturated carbocycles. The van der Waals surface area contributed by atoms with Crippen molar-refractivity contribution >= 4 is 5.97 Å². The van der Waals surface area contributed by atoms with Crippen LogP contribution in [0.1, 0.15) is 27.2 Å². The Labute approximate surface area is 230 Å². The smallest absolute Gasteiger partial charge is 0.573 e. The van der Waals surface area contributed by atoms with Crippen molar-refractivity contribution in [2.24, 2.45) is 24.8 Å². The van der Waals surface area contributed by atoms with Crippen molar-refractivity contribution in [2.75, 3.05) is 26.2 Å². The number of piperidine rings is 1. The highest BCUT2D eigenvalue weighted by Crippen LogP contribution is 2.52. The molecule has 1 aromatic heterocycles. The third-order valence-electron chi connectivity index (χ3n) is 7.81. The molecule has 0 bridgehead atoms. The minimum absolute atomic E-state index is 0.0810. The second-order valence-electron chi connectivity index (χ2n) is 11.0. The first-order valence-electron chi connectivity index (χ1n) is 13.2. The molecule has 2 N–H and O–H groups in total. The molecule has 2 unspecified atom stereocenters. The van der Waals surface area contributed by atoms with E-state index in [2.05, 4.69) is 32.1 Å². The summed E-state index contributed by atoms with van der Waals surface area (Å²) < 4.78 is 42.6. The van der Waals surface area contributed by atoms with Gasteiger partial charge in [-0.2, -0.15) is 0 Å². The minimum Gasteiger partial charge on any atom is -0.658 e. The van der Waals surface area contributed by atoms with Gasteiger partial charge < -0.3 is 24.8 Å². The molecular formula is C29H32F3N4O4-. The summed E-state index contributed by atoms with van der Waals surface area (Å²) >= 11 is 0. The molecule has 11 heteroatoms. The van der Waals surface area contributed by atoms with Crippen molar-refractivity contribution in [3.63, 3.8) is 0 Å². The molecule has 0 amide bonds. The molecule has 3 aliphatic rings. The normalized spacial score (nSPS) is 22.7. The van der Waals surface area contributed by atoms with Crippen LogP contribution in [0.5, 0.6) is 5.75 Å². The Morgan fingerprint density at radius 2 is 1.80 bits per heavy atom. The number of aryl methyl sites for hydroxylation is 1. The maximum atomic E-state index is 12.4. The first-order chi connectivity index (χ1) is 19.0. The summed E-state index contributed by atoms with van der Waals surface area (Å²) in [7, 11) is 1.72. The molecule has 8 nitrogen and oxygen atoms in total. The molecule has 1 saturated heterocycles. The number of fused-ring (bicyclic) bond motifs is 2. The van der Waals surface area contributed by atoms with Crippen molar-refractivity contribution in [1.82, 2.24) is 14.5 Å². The third-order valence-corrected chi connectivity index (χ3v) is 7.81. The lowest BCUT2D eigenvalue weighted by Gasteiger charge is -2.30. The third kappa shape index (κ3) is 7.01. The van der Waals surface area contributed by atoms with Crippen LogP contribution in [-0.2, 0) is 26.4 Å². The van der Waals surface area contributed by atoms with E-state index < -0.39 is 17.9 Å². The van der Waals surface area contributed by atoms with Gasteiger partial charge in [-0.15, -0.1) is 26.3 Å². The predicted molar refractivity (Wildman–Crippen MR) is 141 cm³/mol. The largest absolute Gasteiger partial charge is 0.658 e. The summed E-state index contributed by atoms with van der Waals surface area (Å²) in [6.07, 6.45) is -0.330. The molecule has 3 aromatic rings. The second-order valence-corrected chi connectivity index (χ2v) is 11.0. The van der Waals surface area contributed by atoms with Gasteiger partial charge in [0.25, 0.3) is 0 Å². The Balaban J connectivity index is 0.000000306. The van der Waals surface area contributed by atoms with Crippen molar-refractivity contribution in [3.8, 4) is 5.75 Å². The SMILES string of the molecule is Cn1cnc(C(=O)O)c1.OC1(CN2CC3C(C[N-]Cc4cccc(OC(F)(F)F)c4)C3C2)Cc2ccccc2C1. The molecule has 0 radical (unpaired) electrons. The fraction of sp³-hybridized carbons (Fsp3) is 0.448. The number of ether oxygens (including phenoxy) is 1. The summed E-state index contributed by atoms with van der Waals surface area (Å²) in [6, 6.07) is 14.3. The zero-order chi connectivity index (χ0) is 28.5. The van der Waals surface area contributed by atoms with Crippen LogP contribution in [0.4, 0.5) is 13.2 Å². The molecule has 6 rings (SSSR count). The number of carboxylic acid groups (broad SMARTS) is 1. The van der Waals surface area contributed by atoms with E-state index in [0.29, 0.717) is 30.8 Å². The van der Waals surface area contributed by atoms with Gasteiger partial charge in [0, 0.05) is 45.7 Å². The van der Waals surface area contributed by atoms with Gasteiger partial charge in [-0.1, -0.05) is 47.9 Å². The van der Waals surface area contributed by atoms with Gasteiger partial charge in [0.05, 0.1) is 11.9 Å². The number of imidazole rings is 1. The monoisotopic (exact) mass is 557 g/mol. The van der Waals surface area contributed by atoms with Crippen molar-refractivity contribution in [2.45, 2.75) is 31.3 Å². The van der Waals surface area contributed by atoms with E-state index in [-0.39, 0.29) is 11.4 Å². The summed E-state index contributed by atoms with van der Waals surface area (Å²) in [6.45, 7) is 3.84. The van der Waals surface area contributed by atoms with Crippen LogP contribution in [0.2, 0.25) is 0 Å². The van der Waals surface area contributed by atoms with Gasteiger partial charge >= 0.3 is 12.3 Å². The molecule has 1 aliphatic heterocycles. The standard InChI is InChI=1S/C24H26F3N2O2.C5H6N2O2/c25-24(26,27)31-19-7-3-4-16(8-19)11-28-12-20-21-13-29(14-22(20)21)15-23(30)9-17-5-1-2-6-18(17)10-23;1-7-2-4(5(8)9)6-3-7/h1-8,20-22,30H,9-15H2;2-3H,1H3,(H,8,9)/q-1;. The Kier molecular flexibility index (Phi) is 7.89. The summed E-state index contributed by atoms with van der Waals surface area (Å²) in [4.78, 5) is 16.1. The average Bonchev–Trinajstić information content (AvgIpc) is 3.25. The number of β-amino-alcohol motifs (C(OH)–C–C–N with tert-alkyl or cyclic N) is 1. The van der Waals surface area contributed by atoms with Crippen LogP contribution in [0.15, 0.2) is 61.1 Å². The lowest BCUT2D eigenvalue weighted by Crippen LogP contribution is -2.44. The van der Waals surface area contributed by atoms with E-state index in [1.807, 2.05) is 12.1 Å². The number of hydrogen-bond donors (Lipinski definition) is 2. The van der Waals surface area contributed by atoms with E-state index in [9.17, 15) is 23.1 Å². The van der Waals surface area contributed by atoms with Crippen LogP contribution in [0, 0.1) is 17.8 Å². The fourth-order valence-corrected chi connectivity index (χ4v) is 6.05. The highest BCUT2D eigenvalue weighted by atomic mass is 19.4. The van der Waals surface area contributed by atoms with Gasteiger partial charge in [-0.25, -0.2) is 9.78 Å². The first kappa shape index (κ1) is 28.1. The van der Waals surface area contributed by atoms with Crippen LogP contribution in [0.3, 0.4) is 0 Å². The number of aromatic carboxylic acids is 1. The molecule has 40 heavy (non-hydrogen) atoms. The molecule has 2 atom stereocenters. The van der Waals surface area contributed by atoms with E-state index in [4.69, 9.17) is 5.11 Å².